The second kappa shape index (κ2) is 8.03. The highest BCUT2D eigenvalue weighted by Gasteiger charge is 2.29. The fourth-order valence-electron chi connectivity index (χ4n) is 3.94. The van der Waals surface area contributed by atoms with Crippen molar-refractivity contribution in [2.45, 2.75) is 24.2 Å². The number of nitrogens with zero attached hydrogens (tertiary/aromatic N) is 3. The molecule has 7 heteroatoms. The van der Waals surface area contributed by atoms with Crippen molar-refractivity contribution in [1.29, 1.82) is 0 Å². The quantitative estimate of drug-likeness (QED) is 0.784. The average Bonchev–Trinajstić information content (AvgIpc) is 3.16. The highest BCUT2D eigenvalue weighted by atomic mass is 32.2. The number of rotatable bonds is 5. The Morgan fingerprint density at radius 1 is 0.964 bits per heavy atom. The van der Waals surface area contributed by atoms with Crippen molar-refractivity contribution in [3.63, 3.8) is 0 Å². The minimum atomic E-state index is -3.37. The molecule has 4 rings (SSSR count). The van der Waals surface area contributed by atoms with Crippen LogP contribution >= 0.6 is 0 Å². The van der Waals surface area contributed by atoms with Crippen molar-refractivity contribution in [2.75, 3.05) is 26.2 Å². The van der Waals surface area contributed by atoms with E-state index in [4.69, 9.17) is 5.84 Å². The highest BCUT2D eigenvalue weighted by Crippen LogP contribution is 2.26. The number of aliphatic imine (C=N–C) groups is 1. The summed E-state index contributed by atoms with van der Waals surface area (Å²) in [7, 11) is -3.37. The minimum Gasteiger partial charge on any atom is -0.293 e. The van der Waals surface area contributed by atoms with E-state index >= 15 is 0 Å². The molecular weight excluding hydrogens is 372 g/mol. The highest BCUT2D eigenvalue weighted by molar-refractivity contribution is 7.89. The van der Waals surface area contributed by atoms with Crippen LogP contribution in [0.25, 0.3) is 0 Å². The smallest absolute Gasteiger partial charge is 0.243 e. The predicted molar refractivity (Wildman–Crippen MR) is 110 cm³/mol. The molecule has 0 amide bonds. The van der Waals surface area contributed by atoms with E-state index in [1.54, 1.807) is 33.6 Å². The third-order valence-electron chi connectivity index (χ3n) is 5.57. The zero-order chi connectivity index (χ0) is 19.6. The van der Waals surface area contributed by atoms with E-state index < -0.39 is 10.0 Å². The molecule has 6 nitrogen and oxygen atoms in total. The first-order valence-corrected chi connectivity index (χ1v) is 11.2. The molecule has 0 aliphatic carbocycles. The van der Waals surface area contributed by atoms with Crippen LogP contribution < -0.4 is 5.84 Å². The molecule has 2 aliphatic heterocycles. The van der Waals surface area contributed by atoms with E-state index in [1.807, 2.05) is 6.07 Å². The van der Waals surface area contributed by atoms with Gasteiger partial charge in [-0.25, -0.2) is 14.3 Å². The van der Waals surface area contributed by atoms with E-state index in [1.165, 1.54) is 5.56 Å². The van der Waals surface area contributed by atoms with E-state index in [0.717, 1.165) is 43.8 Å². The Morgan fingerprint density at radius 2 is 1.64 bits per heavy atom. The Balaban J connectivity index is 1.35. The van der Waals surface area contributed by atoms with Crippen molar-refractivity contribution >= 4 is 15.9 Å². The molecule has 0 saturated carbocycles. The number of sulfonamides is 1. The average molecular weight is 399 g/mol. The molecule has 2 aliphatic rings. The van der Waals surface area contributed by atoms with Gasteiger partial charge in [-0.1, -0.05) is 42.5 Å². The zero-order valence-corrected chi connectivity index (χ0v) is 16.7. The monoisotopic (exact) mass is 398 g/mol. The molecule has 0 atom stereocenters. The number of hydrogen-bond acceptors (Lipinski definition) is 5. The van der Waals surface area contributed by atoms with Crippen molar-refractivity contribution in [2.24, 2.45) is 16.8 Å². The van der Waals surface area contributed by atoms with Gasteiger partial charge >= 0.3 is 0 Å². The second-order valence-electron chi connectivity index (χ2n) is 7.46. The molecule has 148 valence electrons. The second-order valence-corrected chi connectivity index (χ2v) is 9.40. The molecule has 28 heavy (non-hydrogen) atoms. The first kappa shape index (κ1) is 19.1. The van der Waals surface area contributed by atoms with Crippen LogP contribution in [0.1, 0.15) is 24.0 Å². The molecular formula is C21H26N4O2S. The van der Waals surface area contributed by atoms with Crippen molar-refractivity contribution < 1.29 is 8.42 Å². The van der Waals surface area contributed by atoms with Crippen molar-refractivity contribution in [3.8, 4) is 0 Å². The fraction of sp³-hybridized carbons (Fsp3) is 0.381. The zero-order valence-electron chi connectivity index (χ0n) is 15.9. The molecule has 2 heterocycles. The molecule has 0 aromatic heterocycles. The summed E-state index contributed by atoms with van der Waals surface area (Å²) in [4.78, 5) is 4.83. The summed E-state index contributed by atoms with van der Waals surface area (Å²) < 4.78 is 27.1. The first-order valence-electron chi connectivity index (χ1n) is 9.75. The number of piperidine rings is 1. The molecule has 0 spiro atoms. The molecule has 2 aromatic rings. The summed E-state index contributed by atoms with van der Waals surface area (Å²) in [5.41, 5.74) is 2.32. The number of hydrogen-bond donors (Lipinski definition) is 1. The Bertz CT molecular complexity index is 934. The maximum atomic E-state index is 12.7. The van der Waals surface area contributed by atoms with Gasteiger partial charge in [0.25, 0.3) is 0 Å². The van der Waals surface area contributed by atoms with Crippen LogP contribution in [0.4, 0.5) is 0 Å². The van der Waals surface area contributed by atoms with E-state index in [9.17, 15) is 8.42 Å². The summed E-state index contributed by atoms with van der Waals surface area (Å²) in [5.74, 6) is 7.29. The normalized spacial score (nSPS) is 19.0. The van der Waals surface area contributed by atoms with Crippen LogP contribution in [0.15, 0.2) is 64.5 Å². The summed E-state index contributed by atoms with van der Waals surface area (Å²) in [5, 5.41) is 1.69. The Kier molecular flexibility index (Phi) is 5.48. The number of amidine groups is 1. The predicted octanol–water partition coefficient (Wildman–Crippen LogP) is 2.27. The van der Waals surface area contributed by atoms with E-state index in [2.05, 4.69) is 29.3 Å². The molecule has 0 unspecified atom stereocenters. The third kappa shape index (κ3) is 3.97. The third-order valence-corrected chi connectivity index (χ3v) is 7.48. The van der Waals surface area contributed by atoms with Gasteiger partial charge in [-0.2, -0.15) is 4.31 Å². The van der Waals surface area contributed by atoms with Gasteiger partial charge in [-0.05, 0) is 42.9 Å². The van der Waals surface area contributed by atoms with Crippen LogP contribution in [0.3, 0.4) is 0 Å². The largest absolute Gasteiger partial charge is 0.293 e. The Labute approximate surface area is 166 Å². The van der Waals surface area contributed by atoms with Gasteiger partial charge in [0.05, 0.1) is 18.0 Å². The fourth-order valence-corrected chi connectivity index (χ4v) is 5.43. The maximum Gasteiger partial charge on any atom is 0.243 e. The topological polar surface area (TPSA) is 79.0 Å². The maximum absolute atomic E-state index is 12.7. The summed E-state index contributed by atoms with van der Waals surface area (Å²) >= 11 is 0. The minimum absolute atomic E-state index is 0.382. The van der Waals surface area contributed by atoms with Gasteiger partial charge in [-0.15, -0.1) is 0 Å². The van der Waals surface area contributed by atoms with Gasteiger partial charge in [0.2, 0.25) is 10.0 Å². The van der Waals surface area contributed by atoms with Crippen LogP contribution in [0, 0.1) is 5.92 Å². The summed E-state index contributed by atoms with van der Waals surface area (Å²) in [6, 6.07) is 17.1. The first-order chi connectivity index (χ1) is 13.5. The number of nitrogens with two attached hydrogens (primary N) is 1. The van der Waals surface area contributed by atoms with Gasteiger partial charge in [0, 0.05) is 18.7 Å². The van der Waals surface area contributed by atoms with Crippen molar-refractivity contribution in [3.05, 3.63) is 65.7 Å². The summed E-state index contributed by atoms with van der Waals surface area (Å²) in [6.45, 7) is 2.68. The number of benzene rings is 2. The van der Waals surface area contributed by atoms with Crippen LogP contribution in [-0.2, 0) is 16.4 Å². The van der Waals surface area contributed by atoms with Gasteiger partial charge in [-0.3, -0.25) is 10.0 Å². The summed E-state index contributed by atoms with van der Waals surface area (Å²) in [6.07, 6.45) is 2.74. The van der Waals surface area contributed by atoms with Crippen LogP contribution in [0.5, 0.6) is 0 Å². The van der Waals surface area contributed by atoms with Gasteiger partial charge < -0.3 is 0 Å². The van der Waals surface area contributed by atoms with Crippen LogP contribution in [0.2, 0.25) is 0 Å². The standard InChI is InChI=1S/C21H26N4O2S/c22-25-15-12-23-21(25)19-8-6-17(7-9-19)16-18-10-13-24(14-11-18)28(26,27)20-4-2-1-3-5-20/h1-9,18H,10-16,22H2. The Morgan fingerprint density at radius 3 is 2.25 bits per heavy atom. The van der Waals surface area contributed by atoms with Crippen molar-refractivity contribution in [1.82, 2.24) is 9.31 Å². The molecule has 1 fully saturated rings. The van der Waals surface area contributed by atoms with E-state index in [0.29, 0.717) is 23.9 Å². The molecule has 0 radical (unpaired) electrons. The molecule has 0 bridgehead atoms. The molecule has 2 N–H and O–H groups in total. The van der Waals surface area contributed by atoms with E-state index in [-0.39, 0.29) is 0 Å². The lowest BCUT2D eigenvalue weighted by Crippen LogP contribution is -2.38. The van der Waals surface area contributed by atoms with Gasteiger partial charge in [0.1, 0.15) is 5.84 Å². The Hall–Kier alpha value is -2.22. The number of hydrazine groups is 1. The lowest BCUT2D eigenvalue weighted by molar-refractivity contribution is 0.273. The van der Waals surface area contributed by atoms with Crippen LogP contribution in [-0.4, -0.2) is 49.7 Å². The lowest BCUT2D eigenvalue weighted by Gasteiger charge is -2.31. The SMILES string of the molecule is NN1CCN=C1c1ccc(CC2CCN(S(=O)(=O)c3ccccc3)CC2)cc1. The van der Waals surface area contributed by atoms with Gasteiger partial charge in [0.15, 0.2) is 0 Å². The molecule has 1 saturated heterocycles. The molecule has 2 aromatic carbocycles. The lowest BCUT2D eigenvalue weighted by atomic mass is 9.90.